The molecule has 0 N–H and O–H groups in total. The third kappa shape index (κ3) is 3.85. The fourth-order valence-electron chi connectivity index (χ4n) is 0.923. The van der Waals surface area contributed by atoms with Crippen LogP contribution < -0.4 is 0 Å². The molecule has 4 heteroatoms. The molecule has 0 aromatic carbocycles. The lowest BCUT2D eigenvalue weighted by Crippen LogP contribution is -2.04. The van der Waals surface area contributed by atoms with Crippen LogP contribution in [0.3, 0.4) is 0 Å². The van der Waals surface area contributed by atoms with Crippen molar-refractivity contribution < 1.29 is 17.6 Å². The Bertz CT molecular complexity index is 273. The summed E-state index contributed by atoms with van der Waals surface area (Å²) >= 11 is 0. The zero-order valence-corrected chi connectivity index (χ0v) is 8.83. The zero-order chi connectivity index (χ0) is 11.4. The highest BCUT2D eigenvalue weighted by molar-refractivity contribution is 5.21. The molecule has 0 aliphatic carbocycles. The summed E-state index contributed by atoms with van der Waals surface area (Å²) in [6.07, 6.45) is -3.11. The molecule has 0 unspecified atom stereocenters. The van der Waals surface area contributed by atoms with Crippen LogP contribution in [0.1, 0.15) is 37.4 Å². The van der Waals surface area contributed by atoms with Gasteiger partial charge in [-0.25, -0.2) is 0 Å². The average Bonchev–Trinajstić information content (AvgIpc) is 2.30. The number of furan rings is 1. The van der Waals surface area contributed by atoms with E-state index in [-0.39, 0.29) is 11.3 Å². The number of hydrogen-bond donors (Lipinski definition) is 0. The Labute approximate surface area is 81.9 Å². The first-order valence-electron chi connectivity index (χ1n) is 4.47. The Morgan fingerprint density at radius 3 is 1.79 bits per heavy atom. The highest BCUT2D eigenvalue weighted by Gasteiger charge is 2.36. The van der Waals surface area contributed by atoms with Gasteiger partial charge in [0.15, 0.2) is 0 Å². The molecule has 0 aliphatic heterocycles. The largest absolute Gasteiger partial charge is 0.457 e. The van der Waals surface area contributed by atoms with Gasteiger partial charge in [0, 0.05) is 5.56 Å². The van der Waals surface area contributed by atoms with Gasteiger partial charge in [0.05, 0.1) is 0 Å². The van der Waals surface area contributed by atoms with Crippen LogP contribution in [-0.2, 0) is 6.18 Å². The minimum Gasteiger partial charge on any atom is -0.457 e. The quantitative estimate of drug-likeness (QED) is 0.618. The molecule has 1 heterocycles. The molecule has 0 saturated heterocycles. The summed E-state index contributed by atoms with van der Waals surface area (Å²) in [6.45, 7) is 7.11. The first-order valence-corrected chi connectivity index (χ1v) is 4.47. The molecule has 0 aliphatic rings. The summed E-state index contributed by atoms with van der Waals surface area (Å²) in [5.41, 5.74) is 0.134. The Morgan fingerprint density at radius 1 is 1.21 bits per heavy atom. The molecular weight excluding hydrogens is 193 g/mol. The van der Waals surface area contributed by atoms with Crippen molar-refractivity contribution in [1.29, 1.82) is 0 Å². The molecule has 1 aromatic heterocycles. The van der Waals surface area contributed by atoms with Crippen LogP contribution in [0.5, 0.6) is 0 Å². The highest BCUT2D eigenvalue weighted by Crippen LogP contribution is 2.33. The molecular formula is C10H15F3O. The van der Waals surface area contributed by atoms with Crippen molar-refractivity contribution in [3.63, 3.8) is 0 Å². The second-order valence-electron chi connectivity index (χ2n) is 3.07. The summed E-state index contributed by atoms with van der Waals surface area (Å²) in [7, 11) is 0. The van der Waals surface area contributed by atoms with E-state index in [0.717, 1.165) is 0 Å². The van der Waals surface area contributed by atoms with Crippen molar-refractivity contribution >= 4 is 0 Å². The SMILES string of the molecule is CCC.Cc1cc(C)c(C(F)(F)F)o1. The van der Waals surface area contributed by atoms with Crippen LogP contribution in [0.15, 0.2) is 10.5 Å². The Kier molecular flexibility index (Phi) is 4.74. The van der Waals surface area contributed by atoms with E-state index in [9.17, 15) is 13.2 Å². The topological polar surface area (TPSA) is 13.1 Å². The number of rotatable bonds is 0. The second kappa shape index (κ2) is 5.08. The molecule has 0 saturated carbocycles. The van der Waals surface area contributed by atoms with Crippen LogP contribution >= 0.6 is 0 Å². The van der Waals surface area contributed by atoms with Gasteiger partial charge < -0.3 is 4.42 Å². The highest BCUT2D eigenvalue weighted by atomic mass is 19.4. The second-order valence-corrected chi connectivity index (χ2v) is 3.07. The lowest BCUT2D eigenvalue weighted by molar-refractivity contribution is -0.153. The summed E-state index contributed by atoms with van der Waals surface area (Å²) in [6, 6.07) is 1.36. The predicted octanol–water partition coefficient (Wildman–Crippen LogP) is 4.33. The number of hydrogen-bond acceptors (Lipinski definition) is 1. The molecule has 1 nitrogen and oxygen atoms in total. The molecule has 0 amide bonds. The van der Waals surface area contributed by atoms with E-state index in [2.05, 4.69) is 18.3 Å². The fourth-order valence-corrected chi connectivity index (χ4v) is 0.923. The summed E-state index contributed by atoms with van der Waals surface area (Å²) in [5.74, 6) is -0.607. The van der Waals surface area contributed by atoms with E-state index < -0.39 is 11.9 Å². The Balaban J connectivity index is 0.000000500. The van der Waals surface area contributed by atoms with Crippen LogP contribution in [0, 0.1) is 13.8 Å². The van der Waals surface area contributed by atoms with Gasteiger partial charge in [0.2, 0.25) is 5.76 Å². The maximum Gasteiger partial charge on any atom is 0.449 e. The maximum atomic E-state index is 12.0. The van der Waals surface area contributed by atoms with E-state index in [0.29, 0.717) is 0 Å². The molecule has 14 heavy (non-hydrogen) atoms. The van der Waals surface area contributed by atoms with Crippen LogP contribution in [-0.4, -0.2) is 0 Å². The van der Waals surface area contributed by atoms with E-state index in [1.165, 1.54) is 26.3 Å². The first kappa shape index (κ1) is 13.1. The van der Waals surface area contributed by atoms with Crippen molar-refractivity contribution in [2.24, 2.45) is 0 Å². The summed E-state index contributed by atoms with van der Waals surface area (Å²) in [5, 5.41) is 0. The molecule has 1 aromatic rings. The first-order chi connectivity index (χ1) is 6.32. The van der Waals surface area contributed by atoms with Crippen molar-refractivity contribution in [2.45, 2.75) is 40.3 Å². The van der Waals surface area contributed by atoms with Gasteiger partial charge in [0.25, 0.3) is 0 Å². The molecule has 0 atom stereocenters. The van der Waals surface area contributed by atoms with Crippen molar-refractivity contribution in [1.82, 2.24) is 0 Å². The van der Waals surface area contributed by atoms with Crippen LogP contribution in [0.25, 0.3) is 0 Å². The maximum absolute atomic E-state index is 12.0. The van der Waals surface area contributed by atoms with Crippen LogP contribution in [0.2, 0.25) is 0 Å². The van der Waals surface area contributed by atoms with Crippen molar-refractivity contribution in [3.05, 3.63) is 23.2 Å². The average molecular weight is 208 g/mol. The number of halogens is 3. The monoisotopic (exact) mass is 208 g/mol. The van der Waals surface area contributed by atoms with E-state index >= 15 is 0 Å². The van der Waals surface area contributed by atoms with Crippen molar-refractivity contribution in [2.75, 3.05) is 0 Å². The smallest absolute Gasteiger partial charge is 0.449 e. The molecule has 0 bridgehead atoms. The molecule has 0 spiro atoms. The van der Waals surface area contributed by atoms with E-state index in [1.807, 2.05) is 0 Å². The van der Waals surface area contributed by atoms with Gasteiger partial charge in [-0.2, -0.15) is 13.2 Å². The lowest BCUT2D eigenvalue weighted by Gasteiger charge is -2.01. The minimum atomic E-state index is -4.36. The summed E-state index contributed by atoms with van der Waals surface area (Å²) in [4.78, 5) is 0. The normalized spacial score (nSPS) is 10.8. The van der Waals surface area contributed by atoms with Gasteiger partial charge in [-0.15, -0.1) is 0 Å². The minimum absolute atomic E-state index is 0.134. The zero-order valence-electron chi connectivity index (χ0n) is 8.83. The predicted molar refractivity (Wildman–Crippen MR) is 49.1 cm³/mol. The van der Waals surface area contributed by atoms with Gasteiger partial charge in [-0.3, -0.25) is 0 Å². The third-order valence-corrected chi connectivity index (χ3v) is 1.30. The Hall–Kier alpha value is -0.930. The molecule has 0 radical (unpaired) electrons. The lowest BCUT2D eigenvalue weighted by atomic mass is 10.2. The third-order valence-electron chi connectivity index (χ3n) is 1.30. The van der Waals surface area contributed by atoms with Gasteiger partial charge in [-0.05, 0) is 19.9 Å². The standard InChI is InChI=1S/C7H7F3O.C3H8/c1-4-3-5(2)11-6(4)7(8,9)10;1-3-2/h3H,1-2H3;3H2,1-2H3. The van der Waals surface area contributed by atoms with Gasteiger partial charge >= 0.3 is 6.18 Å². The molecule has 1 rings (SSSR count). The van der Waals surface area contributed by atoms with E-state index in [1.54, 1.807) is 0 Å². The molecule has 82 valence electrons. The van der Waals surface area contributed by atoms with Crippen molar-refractivity contribution in [3.8, 4) is 0 Å². The number of alkyl halides is 3. The number of aryl methyl sites for hydroxylation is 2. The van der Waals surface area contributed by atoms with Gasteiger partial charge in [0.1, 0.15) is 5.76 Å². The van der Waals surface area contributed by atoms with Gasteiger partial charge in [-0.1, -0.05) is 20.3 Å². The fraction of sp³-hybridized carbons (Fsp3) is 0.600. The Morgan fingerprint density at radius 2 is 1.64 bits per heavy atom. The molecule has 0 fully saturated rings. The van der Waals surface area contributed by atoms with Crippen LogP contribution in [0.4, 0.5) is 13.2 Å². The summed E-state index contributed by atoms with van der Waals surface area (Å²) < 4.78 is 40.4. The van der Waals surface area contributed by atoms with E-state index in [4.69, 9.17) is 0 Å².